The van der Waals surface area contributed by atoms with E-state index in [2.05, 4.69) is 19.1 Å². The number of methoxy groups -OCH3 is 1. The first-order chi connectivity index (χ1) is 7.20. The summed E-state index contributed by atoms with van der Waals surface area (Å²) in [6.45, 7) is 4.79. The Kier molecular flexibility index (Phi) is 4.66. The Hall–Kier alpha value is -0.990. The van der Waals surface area contributed by atoms with Crippen LogP contribution in [-0.4, -0.2) is 30.7 Å². The molecule has 1 aliphatic rings. The van der Waals surface area contributed by atoms with E-state index in [-0.39, 0.29) is 12.1 Å². The second kappa shape index (κ2) is 5.79. The van der Waals surface area contributed by atoms with Gasteiger partial charge in [-0.1, -0.05) is 12.2 Å². The molecule has 1 amide bonds. The van der Waals surface area contributed by atoms with Crippen molar-refractivity contribution < 1.29 is 9.53 Å². The van der Waals surface area contributed by atoms with Gasteiger partial charge in [0.1, 0.15) is 0 Å². The molecule has 0 aliphatic heterocycles. The maximum atomic E-state index is 11.5. The molecule has 0 heterocycles. The van der Waals surface area contributed by atoms with E-state index in [1.54, 1.807) is 4.90 Å². The third-order valence-electron chi connectivity index (χ3n) is 3.15. The van der Waals surface area contributed by atoms with E-state index in [4.69, 9.17) is 4.74 Å². The smallest absolute Gasteiger partial charge is 0.409 e. The lowest BCUT2D eigenvalue weighted by Gasteiger charge is -2.32. The number of ether oxygens (including phenoxy) is 1. The average molecular weight is 211 g/mol. The summed E-state index contributed by atoms with van der Waals surface area (Å²) in [5.74, 6) is 0.484. The predicted octanol–water partition coefficient (Wildman–Crippen LogP) is 2.82. The van der Waals surface area contributed by atoms with Crippen molar-refractivity contribution in [1.82, 2.24) is 4.90 Å². The van der Waals surface area contributed by atoms with Crippen LogP contribution in [0.1, 0.15) is 33.1 Å². The molecule has 0 N–H and O–H groups in total. The fourth-order valence-corrected chi connectivity index (χ4v) is 2.17. The van der Waals surface area contributed by atoms with Crippen molar-refractivity contribution in [1.29, 1.82) is 0 Å². The fourth-order valence-electron chi connectivity index (χ4n) is 2.17. The molecule has 2 atom stereocenters. The van der Waals surface area contributed by atoms with Crippen molar-refractivity contribution in [2.45, 2.75) is 39.2 Å². The van der Waals surface area contributed by atoms with E-state index in [9.17, 15) is 4.79 Å². The van der Waals surface area contributed by atoms with Crippen LogP contribution in [0.5, 0.6) is 0 Å². The minimum Gasteiger partial charge on any atom is -0.453 e. The van der Waals surface area contributed by atoms with E-state index in [1.165, 1.54) is 26.4 Å². The molecule has 0 saturated carbocycles. The van der Waals surface area contributed by atoms with Gasteiger partial charge in [-0.15, -0.1) is 0 Å². The minimum atomic E-state index is -0.219. The SMILES string of the molecule is CCN(C(=O)OC)C(C)C1C=CCCC1. The van der Waals surface area contributed by atoms with Crippen molar-refractivity contribution in [3.05, 3.63) is 12.2 Å². The molecule has 2 unspecified atom stereocenters. The third-order valence-corrected chi connectivity index (χ3v) is 3.15. The Morgan fingerprint density at radius 3 is 2.87 bits per heavy atom. The molecule has 1 rings (SSSR count). The summed E-state index contributed by atoms with van der Waals surface area (Å²) >= 11 is 0. The van der Waals surface area contributed by atoms with Crippen LogP contribution in [0.4, 0.5) is 4.79 Å². The lowest BCUT2D eigenvalue weighted by atomic mass is 9.89. The number of hydrogen-bond acceptors (Lipinski definition) is 2. The zero-order valence-corrected chi connectivity index (χ0v) is 9.90. The highest BCUT2D eigenvalue weighted by molar-refractivity contribution is 5.67. The second-order valence-electron chi connectivity index (χ2n) is 4.02. The molecule has 86 valence electrons. The van der Waals surface area contributed by atoms with Crippen LogP contribution in [-0.2, 0) is 4.74 Å². The monoisotopic (exact) mass is 211 g/mol. The lowest BCUT2D eigenvalue weighted by Crippen LogP contribution is -2.42. The Morgan fingerprint density at radius 1 is 1.67 bits per heavy atom. The molecule has 0 radical (unpaired) electrons. The van der Waals surface area contributed by atoms with Gasteiger partial charge < -0.3 is 9.64 Å². The zero-order valence-electron chi connectivity index (χ0n) is 9.90. The summed E-state index contributed by atoms with van der Waals surface area (Å²) in [6, 6.07) is 0.235. The molecular formula is C12H21NO2. The van der Waals surface area contributed by atoms with Crippen LogP contribution in [0.15, 0.2) is 12.2 Å². The van der Waals surface area contributed by atoms with Gasteiger partial charge >= 0.3 is 6.09 Å². The van der Waals surface area contributed by atoms with Crippen LogP contribution in [0.25, 0.3) is 0 Å². The Balaban J connectivity index is 2.62. The van der Waals surface area contributed by atoms with Crippen molar-refractivity contribution in [3.63, 3.8) is 0 Å². The van der Waals surface area contributed by atoms with Gasteiger partial charge in [-0.2, -0.15) is 0 Å². The van der Waals surface area contributed by atoms with Crippen molar-refractivity contribution in [2.24, 2.45) is 5.92 Å². The van der Waals surface area contributed by atoms with E-state index in [0.717, 1.165) is 0 Å². The number of carbonyl (C=O) groups is 1. The number of nitrogens with zero attached hydrogens (tertiary/aromatic N) is 1. The van der Waals surface area contributed by atoms with Gasteiger partial charge in [0.05, 0.1) is 7.11 Å². The van der Waals surface area contributed by atoms with Crippen molar-refractivity contribution in [3.8, 4) is 0 Å². The number of rotatable bonds is 3. The van der Waals surface area contributed by atoms with E-state index >= 15 is 0 Å². The molecule has 15 heavy (non-hydrogen) atoms. The summed E-state index contributed by atoms with van der Waals surface area (Å²) in [6.07, 6.45) is 7.81. The van der Waals surface area contributed by atoms with Gasteiger partial charge in [0, 0.05) is 12.6 Å². The zero-order chi connectivity index (χ0) is 11.3. The number of hydrogen-bond donors (Lipinski definition) is 0. The quantitative estimate of drug-likeness (QED) is 0.672. The van der Waals surface area contributed by atoms with Gasteiger partial charge in [-0.05, 0) is 39.0 Å². The Labute approximate surface area is 92.1 Å². The first-order valence-corrected chi connectivity index (χ1v) is 5.72. The molecule has 1 aliphatic carbocycles. The highest BCUT2D eigenvalue weighted by Crippen LogP contribution is 2.23. The summed E-state index contributed by atoms with van der Waals surface area (Å²) in [4.78, 5) is 13.3. The highest BCUT2D eigenvalue weighted by atomic mass is 16.5. The molecule has 0 aromatic carbocycles. The number of allylic oxidation sites excluding steroid dienone is 1. The molecule has 0 spiro atoms. The standard InChI is InChI=1S/C12H21NO2/c1-4-13(12(14)15-3)10(2)11-8-6-5-7-9-11/h6,8,10-11H,4-5,7,9H2,1-3H3. The molecule has 0 aromatic heterocycles. The molecule has 0 bridgehead atoms. The highest BCUT2D eigenvalue weighted by Gasteiger charge is 2.25. The maximum Gasteiger partial charge on any atom is 0.409 e. The maximum absolute atomic E-state index is 11.5. The minimum absolute atomic E-state index is 0.219. The van der Waals surface area contributed by atoms with Crippen LogP contribution < -0.4 is 0 Å². The van der Waals surface area contributed by atoms with E-state index < -0.39 is 0 Å². The number of amides is 1. The van der Waals surface area contributed by atoms with Crippen molar-refractivity contribution in [2.75, 3.05) is 13.7 Å². The first kappa shape index (κ1) is 12.1. The molecule has 0 saturated heterocycles. The van der Waals surface area contributed by atoms with E-state index in [1.807, 2.05) is 6.92 Å². The number of carbonyl (C=O) groups excluding carboxylic acids is 1. The summed E-state index contributed by atoms with van der Waals surface area (Å²) in [5.41, 5.74) is 0. The van der Waals surface area contributed by atoms with Gasteiger partial charge in [-0.25, -0.2) is 4.79 Å². The van der Waals surface area contributed by atoms with Crippen molar-refractivity contribution >= 4 is 6.09 Å². The fraction of sp³-hybridized carbons (Fsp3) is 0.750. The van der Waals surface area contributed by atoms with E-state index in [0.29, 0.717) is 12.5 Å². The third kappa shape index (κ3) is 2.98. The topological polar surface area (TPSA) is 29.5 Å². The predicted molar refractivity (Wildman–Crippen MR) is 60.7 cm³/mol. The van der Waals surface area contributed by atoms with Gasteiger partial charge in [-0.3, -0.25) is 0 Å². The summed E-state index contributed by atoms with van der Waals surface area (Å²) in [7, 11) is 1.44. The van der Waals surface area contributed by atoms with Crippen LogP contribution in [0, 0.1) is 5.92 Å². The van der Waals surface area contributed by atoms with Gasteiger partial charge in [0.2, 0.25) is 0 Å². The molecule has 0 aromatic rings. The Bertz CT molecular complexity index is 238. The van der Waals surface area contributed by atoms with Gasteiger partial charge in [0.15, 0.2) is 0 Å². The molecule has 3 heteroatoms. The summed E-state index contributed by atoms with van der Waals surface area (Å²) < 4.78 is 4.78. The van der Waals surface area contributed by atoms with Gasteiger partial charge in [0.25, 0.3) is 0 Å². The molecule has 3 nitrogen and oxygen atoms in total. The normalized spacial score (nSPS) is 22.2. The largest absolute Gasteiger partial charge is 0.453 e. The molecular weight excluding hydrogens is 190 g/mol. The molecule has 0 fully saturated rings. The average Bonchev–Trinajstić information content (AvgIpc) is 2.30. The van der Waals surface area contributed by atoms with Crippen LogP contribution >= 0.6 is 0 Å². The lowest BCUT2D eigenvalue weighted by molar-refractivity contribution is 0.0995. The van der Waals surface area contributed by atoms with Crippen LogP contribution in [0.2, 0.25) is 0 Å². The second-order valence-corrected chi connectivity index (χ2v) is 4.02. The summed E-state index contributed by atoms with van der Waals surface area (Å²) in [5, 5.41) is 0. The van der Waals surface area contributed by atoms with Crippen LogP contribution in [0.3, 0.4) is 0 Å². The first-order valence-electron chi connectivity index (χ1n) is 5.72. The Morgan fingerprint density at radius 2 is 2.40 bits per heavy atom.